The Hall–Kier alpha value is -2.87. The van der Waals surface area contributed by atoms with Gasteiger partial charge in [-0.2, -0.15) is 0 Å². The van der Waals surface area contributed by atoms with E-state index in [0.717, 1.165) is 17.4 Å². The van der Waals surface area contributed by atoms with E-state index in [9.17, 15) is 13.2 Å². The van der Waals surface area contributed by atoms with E-state index in [2.05, 4.69) is 5.32 Å². The van der Waals surface area contributed by atoms with Crippen molar-refractivity contribution in [3.05, 3.63) is 101 Å². The number of rotatable bonds is 10. The van der Waals surface area contributed by atoms with Gasteiger partial charge in [0.1, 0.15) is 0 Å². The molecule has 0 heterocycles. The molecular formula is C24H25ClN2O4S. The summed E-state index contributed by atoms with van der Waals surface area (Å²) >= 11 is 6.19. The largest absolute Gasteiger partial charge is 0.375 e. The number of sulfonamides is 1. The monoisotopic (exact) mass is 472 g/mol. The van der Waals surface area contributed by atoms with Crippen LogP contribution < -0.4 is 9.62 Å². The molecule has 0 aliphatic rings. The zero-order valence-corrected chi connectivity index (χ0v) is 19.3. The van der Waals surface area contributed by atoms with Gasteiger partial charge in [-0.25, -0.2) is 8.42 Å². The summed E-state index contributed by atoms with van der Waals surface area (Å²) in [5.74, 6) is -0.217. The van der Waals surface area contributed by atoms with E-state index in [-0.39, 0.29) is 12.5 Å². The number of amides is 1. The van der Waals surface area contributed by atoms with Gasteiger partial charge in [-0.05, 0) is 35.4 Å². The molecule has 0 saturated carbocycles. The number of halogens is 1. The molecule has 3 rings (SSSR count). The Balaban J connectivity index is 1.54. The third-order valence-corrected chi connectivity index (χ3v) is 6.15. The van der Waals surface area contributed by atoms with Crippen LogP contribution in [0.15, 0.2) is 78.9 Å². The van der Waals surface area contributed by atoms with Crippen LogP contribution in [0.4, 0.5) is 5.69 Å². The first-order chi connectivity index (χ1) is 15.3. The molecule has 0 unspecified atom stereocenters. The normalized spacial score (nSPS) is 11.2. The number of benzene rings is 3. The van der Waals surface area contributed by atoms with Gasteiger partial charge in [0, 0.05) is 12.1 Å². The molecule has 32 heavy (non-hydrogen) atoms. The minimum absolute atomic E-state index is 0.109. The fraction of sp³-hybridized carbons (Fsp3) is 0.208. The molecule has 0 aromatic heterocycles. The van der Waals surface area contributed by atoms with Crippen LogP contribution in [0.1, 0.15) is 21.5 Å². The summed E-state index contributed by atoms with van der Waals surface area (Å²) in [6, 6.07) is 23.4. The van der Waals surface area contributed by atoms with E-state index >= 15 is 0 Å². The van der Waals surface area contributed by atoms with Crippen LogP contribution in [0.2, 0.25) is 5.02 Å². The van der Waals surface area contributed by atoms with Gasteiger partial charge in [-0.1, -0.05) is 66.2 Å². The van der Waals surface area contributed by atoms with Gasteiger partial charge >= 0.3 is 0 Å². The van der Waals surface area contributed by atoms with Crippen molar-refractivity contribution in [1.29, 1.82) is 0 Å². The molecule has 0 radical (unpaired) electrons. The fourth-order valence-electron chi connectivity index (χ4n) is 3.07. The van der Waals surface area contributed by atoms with Crippen molar-refractivity contribution in [3.8, 4) is 0 Å². The molecule has 0 saturated heterocycles. The Bertz CT molecular complexity index is 1140. The maximum Gasteiger partial charge on any atom is 0.251 e. The lowest BCUT2D eigenvalue weighted by Gasteiger charge is -2.23. The van der Waals surface area contributed by atoms with Crippen LogP contribution in [-0.4, -0.2) is 33.7 Å². The molecule has 0 spiro atoms. The average Bonchev–Trinajstić information content (AvgIpc) is 2.78. The lowest BCUT2D eigenvalue weighted by molar-refractivity contribution is 0.0901. The average molecular weight is 473 g/mol. The number of carbonyl (C=O) groups excluding carboxylic acids is 1. The highest BCUT2D eigenvalue weighted by Gasteiger charge is 2.20. The Kier molecular flexibility index (Phi) is 8.27. The molecule has 3 aromatic carbocycles. The third-order valence-electron chi connectivity index (χ3n) is 4.71. The molecular weight excluding hydrogens is 448 g/mol. The first kappa shape index (κ1) is 23.8. The number of nitrogens with one attached hydrogen (secondary N) is 1. The maximum absolute atomic E-state index is 12.3. The van der Waals surface area contributed by atoms with Gasteiger partial charge in [-0.15, -0.1) is 0 Å². The minimum Gasteiger partial charge on any atom is -0.375 e. The van der Waals surface area contributed by atoms with Gasteiger partial charge in [-0.3, -0.25) is 9.10 Å². The molecule has 0 aliphatic carbocycles. The standard InChI is InChI=1S/C24H25ClN2O4S/c1-32(29,30)27(23-10-6-5-9-22(23)25)17-19-11-13-21(14-12-19)24(28)26-15-16-31-18-20-7-3-2-4-8-20/h2-14H,15-18H2,1H3,(H,26,28). The van der Waals surface area contributed by atoms with Gasteiger partial charge < -0.3 is 10.1 Å². The second kappa shape index (κ2) is 11.1. The molecule has 8 heteroatoms. The molecule has 0 aliphatic heterocycles. The predicted octanol–water partition coefficient (Wildman–Crippen LogP) is 4.25. The highest BCUT2D eigenvalue weighted by molar-refractivity contribution is 7.92. The van der Waals surface area contributed by atoms with Crippen LogP contribution >= 0.6 is 11.6 Å². The number of hydrogen-bond acceptors (Lipinski definition) is 4. The molecule has 6 nitrogen and oxygen atoms in total. The van der Waals surface area contributed by atoms with Crippen molar-refractivity contribution in [2.24, 2.45) is 0 Å². The Labute approximate surface area is 193 Å². The number of ether oxygens (including phenoxy) is 1. The SMILES string of the molecule is CS(=O)(=O)N(Cc1ccc(C(=O)NCCOCc2ccccc2)cc1)c1ccccc1Cl. The molecule has 3 aromatic rings. The summed E-state index contributed by atoms with van der Waals surface area (Å²) < 4.78 is 31.4. The van der Waals surface area contributed by atoms with Crippen molar-refractivity contribution in [3.63, 3.8) is 0 Å². The molecule has 0 bridgehead atoms. The quantitative estimate of drug-likeness (QED) is 0.447. The first-order valence-corrected chi connectivity index (χ1v) is 12.3. The molecule has 0 atom stereocenters. The van der Waals surface area contributed by atoms with E-state index in [1.807, 2.05) is 30.3 Å². The van der Waals surface area contributed by atoms with Gasteiger partial charge in [0.15, 0.2) is 0 Å². The number of para-hydroxylation sites is 1. The molecule has 0 fully saturated rings. The molecule has 168 valence electrons. The summed E-state index contributed by atoms with van der Waals surface area (Å²) in [5.41, 5.74) is 2.71. The lowest BCUT2D eigenvalue weighted by Crippen LogP contribution is -2.29. The Morgan fingerprint density at radius 2 is 1.59 bits per heavy atom. The summed E-state index contributed by atoms with van der Waals surface area (Å²) in [5, 5.41) is 3.17. The predicted molar refractivity (Wildman–Crippen MR) is 127 cm³/mol. The van der Waals surface area contributed by atoms with Crippen LogP contribution in [-0.2, 0) is 27.9 Å². The zero-order valence-electron chi connectivity index (χ0n) is 17.7. The Morgan fingerprint density at radius 1 is 0.938 bits per heavy atom. The van der Waals surface area contributed by atoms with Crippen molar-refractivity contribution in [2.45, 2.75) is 13.2 Å². The zero-order chi connectivity index (χ0) is 23.0. The highest BCUT2D eigenvalue weighted by atomic mass is 35.5. The summed E-state index contributed by atoms with van der Waals surface area (Å²) in [6.45, 7) is 1.40. The van der Waals surface area contributed by atoms with Crippen LogP contribution in [0.5, 0.6) is 0 Å². The second-order valence-corrected chi connectivity index (χ2v) is 9.53. The van der Waals surface area contributed by atoms with Crippen LogP contribution in [0, 0.1) is 0 Å². The van der Waals surface area contributed by atoms with E-state index in [1.54, 1.807) is 48.5 Å². The Morgan fingerprint density at radius 3 is 2.25 bits per heavy atom. The van der Waals surface area contributed by atoms with Crippen molar-refractivity contribution < 1.29 is 17.9 Å². The topological polar surface area (TPSA) is 75.7 Å². The van der Waals surface area contributed by atoms with E-state index in [4.69, 9.17) is 16.3 Å². The summed E-state index contributed by atoms with van der Waals surface area (Å²) in [7, 11) is -3.55. The van der Waals surface area contributed by atoms with E-state index in [1.165, 1.54) is 4.31 Å². The third kappa shape index (κ3) is 6.82. The maximum atomic E-state index is 12.3. The molecule has 1 N–H and O–H groups in total. The smallest absolute Gasteiger partial charge is 0.251 e. The van der Waals surface area contributed by atoms with Crippen LogP contribution in [0.25, 0.3) is 0 Å². The number of carbonyl (C=O) groups is 1. The number of nitrogens with zero attached hydrogens (tertiary/aromatic N) is 1. The number of hydrogen-bond donors (Lipinski definition) is 1. The van der Waals surface area contributed by atoms with Gasteiger partial charge in [0.05, 0.1) is 36.7 Å². The van der Waals surface area contributed by atoms with Gasteiger partial charge in [0.25, 0.3) is 5.91 Å². The van der Waals surface area contributed by atoms with Crippen molar-refractivity contribution in [1.82, 2.24) is 5.32 Å². The van der Waals surface area contributed by atoms with Crippen LogP contribution in [0.3, 0.4) is 0 Å². The van der Waals surface area contributed by atoms with Gasteiger partial charge in [0.2, 0.25) is 10.0 Å². The lowest BCUT2D eigenvalue weighted by atomic mass is 10.1. The molecule has 1 amide bonds. The summed E-state index contributed by atoms with van der Waals surface area (Å²) in [4.78, 5) is 12.3. The van der Waals surface area contributed by atoms with E-state index in [0.29, 0.717) is 36.0 Å². The van der Waals surface area contributed by atoms with Crippen molar-refractivity contribution in [2.75, 3.05) is 23.7 Å². The first-order valence-electron chi connectivity index (χ1n) is 10.1. The number of anilines is 1. The summed E-state index contributed by atoms with van der Waals surface area (Å²) in [6.07, 6.45) is 1.14. The second-order valence-electron chi connectivity index (χ2n) is 7.21. The van der Waals surface area contributed by atoms with Crippen molar-refractivity contribution >= 4 is 33.2 Å². The fourth-order valence-corrected chi connectivity index (χ4v) is 4.25. The highest BCUT2D eigenvalue weighted by Crippen LogP contribution is 2.28. The minimum atomic E-state index is -3.55. The van der Waals surface area contributed by atoms with E-state index < -0.39 is 10.0 Å².